The van der Waals surface area contributed by atoms with Crippen LogP contribution < -0.4 is 0 Å². The van der Waals surface area contributed by atoms with Crippen molar-refractivity contribution in [2.45, 2.75) is 255 Å². The Morgan fingerprint density at radius 2 is 1.04 bits per heavy atom. The number of hydrogen-bond donors (Lipinski definition) is 1. The molecule has 14 heteroatoms. The van der Waals surface area contributed by atoms with E-state index < -0.39 is 30.1 Å². The third-order valence-electron chi connectivity index (χ3n) is 17.8. The zero-order chi connectivity index (χ0) is 60.3. The predicted molar refractivity (Wildman–Crippen MR) is 327 cm³/mol. The molecule has 80 heavy (non-hydrogen) atoms. The lowest BCUT2D eigenvalue weighted by molar-refractivity contribution is -0.415. The molecule has 0 amide bonds. The third-order valence-corrected chi connectivity index (χ3v) is 20.6. The molecule has 0 radical (unpaired) electrons. The molecule has 3 fully saturated rings. The van der Waals surface area contributed by atoms with E-state index in [4.69, 9.17) is 33.0 Å². The summed E-state index contributed by atoms with van der Waals surface area (Å²) in [4.78, 5) is 19.7. The molecule has 3 aliphatic rings. The molecule has 6 rings (SSSR count). The summed E-state index contributed by atoms with van der Waals surface area (Å²) in [5, 5.41) is 19.5. The maximum atomic E-state index is 13.8. The number of nitrogens with zero attached hydrogens (tertiary/aromatic N) is 4. The molecule has 3 heterocycles. The maximum Gasteiger partial charge on any atom is 0.350 e. The van der Waals surface area contributed by atoms with E-state index >= 15 is 0 Å². The average molecular weight is 1140 g/mol. The summed E-state index contributed by atoms with van der Waals surface area (Å²) in [5.41, 5.74) is 2.76. The van der Waals surface area contributed by atoms with Gasteiger partial charge in [-0.2, -0.15) is 15.2 Å². The van der Waals surface area contributed by atoms with E-state index in [0.717, 1.165) is 63.0 Å². The van der Waals surface area contributed by atoms with Gasteiger partial charge >= 0.3 is 7.60 Å². The van der Waals surface area contributed by atoms with Gasteiger partial charge in [-0.15, -0.1) is 0 Å². The highest BCUT2D eigenvalue weighted by molar-refractivity contribution is 7.54. The van der Waals surface area contributed by atoms with Crippen molar-refractivity contribution in [1.82, 2.24) is 15.2 Å². The van der Waals surface area contributed by atoms with Crippen molar-refractivity contribution in [3.63, 3.8) is 0 Å². The van der Waals surface area contributed by atoms with E-state index in [1.165, 1.54) is 11.1 Å². The summed E-state index contributed by atoms with van der Waals surface area (Å²) < 4.78 is 38.4. The highest BCUT2D eigenvalue weighted by Gasteiger charge is 2.64. The molecule has 0 aromatic heterocycles. The van der Waals surface area contributed by atoms with E-state index in [1.807, 2.05) is 116 Å². The van der Waals surface area contributed by atoms with Crippen LogP contribution in [0.15, 0.2) is 96.2 Å². The topological polar surface area (TPSA) is 124 Å². The maximum absolute atomic E-state index is 13.8. The smallest absolute Gasteiger partial charge is 0.350 e. The molecule has 10 atom stereocenters. The third kappa shape index (κ3) is 16.0. The highest BCUT2D eigenvalue weighted by atomic mass is 31.2. The minimum Gasteiger partial charge on any atom is -0.411 e. The van der Waals surface area contributed by atoms with Gasteiger partial charge < -0.3 is 23.7 Å². The summed E-state index contributed by atoms with van der Waals surface area (Å²) in [6.45, 7) is 51.0. The Labute approximate surface area is 486 Å². The summed E-state index contributed by atoms with van der Waals surface area (Å²) in [6.07, 6.45) is 5.07. The number of hydroxylamine groups is 6. The van der Waals surface area contributed by atoms with Crippen LogP contribution in [0.3, 0.4) is 0 Å². The first kappa shape index (κ1) is 69.5. The van der Waals surface area contributed by atoms with Gasteiger partial charge in [0, 0.05) is 46.7 Å². The number of piperidine rings is 2. The van der Waals surface area contributed by atoms with Gasteiger partial charge in [-0.05, 0) is 131 Å². The second-order valence-electron chi connectivity index (χ2n) is 26.7. The van der Waals surface area contributed by atoms with E-state index in [1.54, 1.807) is 0 Å². The molecule has 454 valence electrons. The molecule has 0 bridgehead atoms. The number of oxime groups is 1. The molecule has 3 aromatic carbocycles. The lowest BCUT2D eigenvalue weighted by Gasteiger charge is -2.64. The van der Waals surface area contributed by atoms with Crippen LogP contribution in [-0.4, -0.2) is 91.8 Å². The van der Waals surface area contributed by atoms with Crippen LogP contribution in [0.1, 0.15) is 233 Å². The molecule has 3 aromatic rings. The summed E-state index contributed by atoms with van der Waals surface area (Å²) >= 11 is 0. The van der Waals surface area contributed by atoms with Crippen LogP contribution in [-0.2, 0) is 37.6 Å². The van der Waals surface area contributed by atoms with Crippen LogP contribution >= 0.6 is 7.60 Å². The highest BCUT2D eigenvalue weighted by Crippen LogP contribution is 2.61. The molecule has 0 aliphatic carbocycles. The fourth-order valence-electron chi connectivity index (χ4n) is 11.8. The molecular formula is C66H111N4O9P. The van der Waals surface area contributed by atoms with Gasteiger partial charge in [0.1, 0.15) is 24.1 Å². The van der Waals surface area contributed by atoms with Gasteiger partial charge in [0.2, 0.25) is 0 Å². The fourth-order valence-corrected chi connectivity index (χ4v) is 14.5. The Hall–Kier alpha value is -3.04. The Bertz CT molecular complexity index is 2380. The zero-order valence-electron chi connectivity index (χ0n) is 54.1. The van der Waals surface area contributed by atoms with Crippen molar-refractivity contribution in [2.24, 2.45) is 27.8 Å². The van der Waals surface area contributed by atoms with Gasteiger partial charge in [-0.25, -0.2) is 0 Å². The van der Waals surface area contributed by atoms with Crippen molar-refractivity contribution in [3.05, 3.63) is 108 Å². The summed E-state index contributed by atoms with van der Waals surface area (Å²) in [7, 11) is -3.45. The SMILES string of the molecule is CCC1(C)C/C(=N/O)C(C)C(C)(CC)N1OC(C)c1ccccc1.CCC1(C)CC2(OCC(C)(C)CO2)C(C)C(C)(CC)N1OC(C)c1ccccc1.CCOP(=O)(OCC)C(N(OC(C)c1ccccc1)C(C)(C)C)C(C)(C)C. The number of rotatable bonds is 19. The van der Waals surface area contributed by atoms with Crippen LogP contribution in [0.25, 0.3) is 0 Å². The Morgan fingerprint density at radius 1 is 0.637 bits per heavy atom. The first-order valence-corrected chi connectivity index (χ1v) is 31.7. The minimum absolute atomic E-state index is 0.0127. The van der Waals surface area contributed by atoms with E-state index in [0.29, 0.717) is 13.2 Å². The molecule has 1 N–H and O–H groups in total. The Morgan fingerprint density at radius 3 is 1.39 bits per heavy atom. The van der Waals surface area contributed by atoms with E-state index in [-0.39, 0.29) is 57.7 Å². The zero-order valence-corrected chi connectivity index (χ0v) is 55.0. The number of benzene rings is 3. The van der Waals surface area contributed by atoms with Crippen LogP contribution in [0.5, 0.6) is 0 Å². The number of hydrogen-bond acceptors (Lipinski definition) is 13. The molecular weight excluding hydrogens is 1020 g/mol. The van der Waals surface area contributed by atoms with Gasteiger partial charge in [-0.1, -0.05) is 172 Å². The van der Waals surface area contributed by atoms with Crippen molar-refractivity contribution in [2.75, 3.05) is 26.4 Å². The van der Waals surface area contributed by atoms with Crippen LogP contribution in [0.2, 0.25) is 0 Å². The van der Waals surface area contributed by atoms with Crippen molar-refractivity contribution in [1.29, 1.82) is 0 Å². The fraction of sp³-hybridized carbons (Fsp3) is 0.712. The van der Waals surface area contributed by atoms with Gasteiger partial charge in [0.25, 0.3) is 0 Å². The monoisotopic (exact) mass is 1130 g/mol. The van der Waals surface area contributed by atoms with E-state index in [9.17, 15) is 9.77 Å². The lowest BCUT2D eigenvalue weighted by Crippen LogP contribution is -2.73. The standard InChI is InChI=1S/C25H41NO3.C21H38NO4P.C20H32N2O2/c1-9-23(7)16-25(27-17-22(5,6)18-28-25)20(4)24(8,10-2)26(23)29-19(3)21-14-12-11-13-15-21;1-10-24-27(23,25-11-2)19(20(4,5)6)22(21(7,8)9)26-17(3)18-15-13-12-14-16-18;1-7-19(5)14-18(21-23)15(3)20(6,8-2)22(19)24-16(4)17-12-10-9-11-13-17/h11-15,19-20H,9-10,16-18H2,1-8H3;12-17,19H,10-11H2,1-9H3;9-13,15-16,23H,7-8,14H2,1-6H3/b;;21-18-. The van der Waals surface area contributed by atoms with Crippen LogP contribution in [0.4, 0.5) is 0 Å². The van der Waals surface area contributed by atoms with Crippen molar-refractivity contribution >= 4 is 13.3 Å². The van der Waals surface area contributed by atoms with E-state index in [2.05, 4.69) is 155 Å². The van der Waals surface area contributed by atoms with Gasteiger partial charge in [-0.3, -0.25) is 19.1 Å². The van der Waals surface area contributed by atoms with Gasteiger partial charge in [0.05, 0.1) is 43.2 Å². The normalized spacial score (nSPS) is 28.5. The van der Waals surface area contributed by atoms with Crippen molar-refractivity contribution in [3.8, 4) is 0 Å². The quantitative estimate of drug-likeness (QED) is 0.0698. The van der Waals surface area contributed by atoms with Crippen LogP contribution in [0, 0.1) is 22.7 Å². The first-order valence-electron chi connectivity index (χ1n) is 30.1. The minimum atomic E-state index is -3.45. The second-order valence-corrected chi connectivity index (χ2v) is 28.8. The largest absolute Gasteiger partial charge is 0.411 e. The lowest BCUT2D eigenvalue weighted by atomic mass is 9.67. The Kier molecular flexibility index (Phi) is 24.5. The second kappa shape index (κ2) is 28.2. The molecule has 3 saturated heterocycles. The molecule has 1 spiro atoms. The predicted octanol–water partition coefficient (Wildman–Crippen LogP) is 17.7. The number of ether oxygens (including phenoxy) is 2. The summed E-state index contributed by atoms with van der Waals surface area (Å²) in [6, 6.07) is 30.8. The Balaban J connectivity index is 0.000000260. The first-order chi connectivity index (χ1) is 37.2. The summed E-state index contributed by atoms with van der Waals surface area (Å²) in [5.74, 6) is -0.800. The average Bonchev–Trinajstić information content (AvgIpc) is 3.42. The van der Waals surface area contributed by atoms with Crippen molar-refractivity contribution < 1.29 is 42.8 Å². The molecule has 0 saturated carbocycles. The van der Waals surface area contributed by atoms with Gasteiger partial charge in [0.15, 0.2) is 5.79 Å². The molecule has 3 aliphatic heterocycles. The molecule has 10 unspecified atom stereocenters. The molecule has 13 nitrogen and oxygen atoms in total.